The van der Waals surface area contributed by atoms with Gasteiger partial charge >= 0.3 is 0 Å². The van der Waals surface area contributed by atoms with Gasteiger partial charge in [-0.2, -0.15) is 0 Å². The van der Waals surface area contributed by atoms with Crippen LogP contribution < -0.4 is 5.73 Å². The zero-order valence-corrected chi connectivity index (χ0v) is 11.5. The predicted molar refractivity (Wildman–Crippen MR) is 79.1 cm³/mol. The number of aromatic nitrogens is 2. The van der Waals surface area contributed by atoms with Crippen LogP contribution in [-0.4, -0.2) is 9.55 Å². The number of imidazole rings is 1. The highest BCUT2D eigenvalue weighted by atomic mass is 19.1. The van der Waals surface area contributed by atoms with Crippen molar-refractivity contribution in [1.82, 2.24) is 9.55 Å². The second kappa shape index (κ2) is 4.63. The number of nitrogens with zero attached hydrogens (tertiary/aromatic N) is 2. The molecule has 0 bridgehead atoms. The van der Waals surface area contributed by atoms with E-state index in [1.807, 2.05) is 29.7 Å². The first kappa shape index (κ1) is 12.7. The highest BCUT2D eigenvalue weighted by Crippen LogP contribution is 2.29. The summed E-state index contributed by atoms with van der Waals surface area (Å²) >= 11 is 0. The number of nitrogens with two attached hydrogens (primary N) is 1. The smallest absolute Gasteiger partial charge is 0.201 e. The molecular formula is C16H16FN3. The SMILES string of the molecule is Cc1ccccc1C(C)n1c(N)nc2c(F)cccc21. The summed E-state index contributed by atoms with van der Waals surface area (Å²) in [5.74, 6) is -0.00853. The molecular weight excluding hydrogens is 253 g/mol. The van der Waals surface area contributed by atoms with Gasteiger partial charge in [-0.3, -0.25) is 0 Å². The zero-order chi connectivity index (χ0) is 14.3. The second-order valence-corrected chi connectivity index (χ2v) is 4.98. The first-order valence-electron chi connectivity index (χ1n) is 6.57. The van der Waals surface area contributed by atoms with Crippen LogP contribution in [0.2, 0.25) is 0 Å². The van der Waals surface area contributed by atoms with Crippen molar-refractivity contribution in [1.29, 1.82) is 0 Å². The van der Waals surface area contributed by atoms with Crippen molar-refractivity contribution in [2.45, 2.75) is 19.9 Å². The Kier molecular flexibility index (Phi) is 2.93. The summed E-state index contributed by atoms with van der Waals surface area (Å²) in [6.07, 6.45) is 0. The minimum Gasteiger partial charge on any atom is -0.369 e. The minimum absolute atomic E-state index is 0.00278. The fraction of sp³-hybridized carbons (Fsp3) is 0.188. The van der Waals surface area contributed by atoms with Gasteiger partial charge in [0.15, 0.2) is 5.82 Å². The van der Waals surface area contributed by atoms with Crippen molar-refractivity contribution in [3.05, 3.63) is 59.4 Å². The Balaban J connectivity index is 2.22. The summed E-state index contributed by atoms with van der Waals surface area (Å²) in [5, 5.41) is 0. The molecule has 20 heavy (non-hydrogen) atoms. The molecule has 0 saturated carbocycles. The van der Waals surface area contributed by atoms with Crippen molar-refractivity contribution >= 4 is 17.0 Å². The van der Waals surface area contributed by atoms with Crippen LogP contribution in [0, 0.1) is 12.7 Å². The standard InChI is InChI=1S/C16H16FN3/c1-10-6-3-4-7-12(10)11(2)20-14-9-5-8-13(17)15(14)19-16(20)18/h3-9,11H,1-2H3,(H2,18,19). The Bertz CT molecular complexity index is 776. The van der Waals surface area contributed by atoms with Gasteiger partial charge in [0.05, 0.1) is 11.6 Å². The zero-order valence-electron chi connectivity index (χ0n) is 11.5. The maximum Gasteiger partial charge on any atom is 0.201 e. The molecule has 0 saturated heterocycles. The summed E-state index contributed by atoms with van der Waals surface area (Å²) in [7, 11) is 0. The number of rotatable bonds is 2. The number of hydrogen-bond acceptors (Lipinski definition) is 2. The Labute approximate surface area is 116 Å². The number of benzene rings is 2. The largest absolute Gasteiger partial charge is 0.369 e. The quantitative estimate of drug-likeness (QED) is 0.771. The van der Waals surface area contributed by atoms with E-state index in [-0.39, 0.29) is 11.9 Å². The van der Waals surface area contributed by atoms with E-state index in [1.165, 1.54) is 11.6 Å². The van der Waals surface area contributed by atoms with Gasteiger partial charge < -0.3 is 10.3 Å². The van der Waals surface area contributed by atoms with E-state index in [0.29, 0.717) is 11.5 Å². The molecule has 4 heteroatoms. The number of aryl methyl sites for hydroxylation is 1. The van der Waals surface area contributed by atoms with Crippen LogP contribution in [0.4, 0.5) is 10.3 Å². The predicted octanol–water partition coefficient (Wildman–Crippen LogP) is 3.68. The van der Waals surface area contributed by atoms with Gasteiger partial charge in [0.2, 0.25) is 5.95 Å². The molecule has 2 aromatic carbocycles. The third-order valence-electron chi connectivity index (χ3n) is 3.72. The van der Waals surface area contributed by atoms with Crippen LogP contribution in [-0.2, 0) is 0 Å². The van der Waals surface area contributed by atoms with Crippen molar-refractivity contribution in [2.75, 3.05) is 5.73 Å². The molecule has 3 aromatic rings. The average molecular weight is 269 g/mol. The number of halogens is 1. The van der Waals surface area contributed by atoms with Gasteiger partial charge in [0.25, 0.3) is 0 Å². The second-order valence-electron chi connectivity index (χ2n) is 4.98. The van der Waals surface area contributed by atoms with E-state index in [0.717, 1.165) is 11.1 Å². The van der Waals surface area contributed by atoms with Crippen molar-refractivity contribution in [3.63, 3.8) is 0 Å². The first-order chi connectivity index (χ1) is 9.59. The number of para-hydroxylation sites is 1. The van der Waals surface area contributed by atoms with Crippen molar-refractivity contribution in [2.24, 2.45) is 0 Å². The summed E-state index contributed by atoms with van der Waals surface area (Å²) in [6, 6.07) is 13.0. The van der Waals surface area contributed by atoms with Gasteiger partial charge in [-0.1, -0.05) is 30.3 Å². The van der Waals surface area contributed by atoms with Gasteiger partial charge in [0.1, 0.15) is 5.52 Å². The summed E-state index contributed by atoms with van der Waals surface area (Å²) in [5.41, 5.74) is 9.37. The third-order valence-corrected chi connectivity index (χ3v) is 3.72. The highest BCUT2D eigenvalue weighted by molar-refractivity contribution is 5.79. The normalized spacial score (nSPS) is 12.8. The van der Waals surface area contributed by atoms with Crippen molar-refractivity contribution < 1.29 is 4.39 Å². The Morgan fingerprint density at radius 1 is 1.15 bits per heavy atom. The molecule has 0 amide bonds. The van der Waals surface area contributed by atoms with E-state index in [9.17, 15) is 4.39 Å². The average Bonchev–Trinajstić information content (AvgIpc) is 2.76. The lowest BCUT2D eigenvalue weighted by Gasteiger charge is -2.18. The van der Waals surface area contributed by atoms with E-state index in [4.69, 9.17) is 5.73 Å². The van der Waals surface area contributed by atoms with Crippen LogP contribution in [0.25, 0.3) is 11.0 Å². The van der Waals surface area contributed by atoms with E-state index < -0.39 is 0 Å². The molecule has 1 atom stereocenters. The topological polar surface area (TPSA) is 43.8 Å². The molecule has 3 nitrogen and oxygen atoms in total. The third kappa shape index (κ3) is 1.84. The summed E-state index contributed by atoms with van der Waals surface area (Å²) in [4.78, 5) is 4.15. The lowest BCUT2D eigenvalue weighted by atomic mass is 10.0. The van der Waals surface area contributed by atoms with Crippen LogP contribution >= 0.6 is 0 Å². The Morgan fingerprint density at radius 3 is 2.65 bits per heavy atom. The molecule has 0 aliphatic heterocycles. The first-order valence-corrected chi connectivity index (χ1v) is 6.57. The number of anilines is 1. The number of fused-ring (bicyclic) bond motifs is 1. The molecule has 0 spiro atoms. The van der Waals surface area contributed by atoms with Crippen molar-refractivity contribution in [3.8, 4) is 0 Å². The van der Waals surface area contributed by atoms with Gasteiger partial charge in [0, 0.05) is 0 Å². The van der Waals surface area contributed by atoms with Crippen LogP contribution in [0.1, 0.15) is 24.1 Å². The summed E-state index contributed by atoms with van der Waals surface area (Å²) in [6.45, 7) is 4.10. The molecule has 0 fully saturated rings. The van der Waals surface area contributed by atoms with Gasteiger partial charge in [-0.05, 0) is 37.1 Å². The minimum atomic E-state index is -0.343. The Hall–Kier alpha value is -2.36. The molecule has 3 rings (SSSR count). The summed E-state index contributed by atoms with van der Waals surface area (Å²) < 4.78 is 15.7. The van der Waals surface area contributed by atoms with E-state index in [2.05, 4.69) is 24.0 Å². The highest BCUT2D eigenvalue weighted by Gasteiger charge is 2.18. The molecule has 1 unspecified atom stereocenters. The molecule has 2 N–H and O–H groups in total. The van der Waals surface area contributed by atoms with Crippen LogP contribution in [0.5, 0.6) is 0 Å². The van der Waals surface area contributed by atoms with Gasteiger partial charge in [-0.25, -0.2) is 9.37 Å². The fourth-order valence-electron chi connectivity index (χ4n) is 2.70. The van der Waals surface area contributed by atoms with E-state index in [1.54, 1.807) is 6.07 Å². The molecule has 0 aliphatic carbocycles. The number of nitrogen functional groups attached to an aromatic ring is 1. The maximum absolute atomic E-state index is 13.8. The molecule has 0 radical (unpaired) electrons. The number of hydrogen-bond donors (Lipinski definition) is 1. The fourth-order valence-corrected chi connectivity index (χ4v) is 2.70. The lowest BCUT2D eigenvalue weighted by Crippen LogP contribution is -2.11. The Morgan fingerprint density at radius 2 is 1.90 bits per heavy atom. The van der Waals surface area contributed by atoms with E-state index >= 15 is 0 Å². The van der Waals surface area contributed by atoms with Crippen LogP contribution in [0.3, 0.4) is 0 Å². The van der Waals surface area contributed by atoms with Gasteiger partial charge in [-0.15, -0.1) is 0 Å². The maximum atomic E-state index is 13.8. The molecule has 1 heterocycles. The molecule has 0 aliphatic rings. The van der Waals surface area contributed by atoms with Crippen LogP contribution in [0.15, 0.2) is 42.5 Å². The lowest BCUT2D eigenvalue weighted by molar-refractivity contribution is 0.636. The molecule has 102 valence electrons. The monoisotopic (exact) mass is 269 g/mol. The molecule has 1 aromatic heterocycles.